The van der Waals surface area contributed by atoms with Crippen LogP contribution in [0.25, 0.3) is 0 Å². The zero-order valence-corrected chi connectivity index (χ0v) is 11.2. The van der Waals surface area contributed by atoms with Crippen LogP contribution in [-0.4, -0.2) is 12.6 Å². The molecule has 2 fully saturated rings. The highest BCUT2D eigenvalue weighted by molar-refractivity contribution is 4.93. The van der Waals surface area contributed by atoms with Crippen molar-refractivity contribution in [3.8, 4) is 0 Å². The van der Waals surface area contributed by atoms with Gasteiger partial charge in [-0.15, -0.1) is 0 Å². The smallest absolute Gasteiger partial charge is 0.0123 e. The fourth-order valence-corrected chi connectivity index (χ4v) is 3.33. The minimum atomic E-state index is 0.607. The van der Waals surface area contributed by atoms with Crippen LogP contribution >= 0.6 is 0 Å². The highest BCUT2D eigenvalue weighted by Crippen LogP contribution is 2.44. The van der Waals surface area contributed by atoms with E-state index in [9.17, 15) is 0 Å². The molecule has 0 aromatic heterocycles. The summed E-state index contributed by atoms with van der Waals surface area (Å²) in [7, 11) is 0. The molecule has 16 heavy (non-hydrogen) atoms. The summed E-state index contributed by atoms with van der Waals surface area (Å²) in [6.07, 6.45) is 13.0. The van der Waals surface area contributed by atoms with Gasteiger partial charge in [-0.3, -0.25) is 0 Å². The lowest BCUT2D eigenvalue weighted by Gasteiger charge is -2.41. The Hall–Kier alpha value is -0.0400. The predicted octanol–water partition coefficient (Wildman–Crippen LogP) is 4.13. The number of hydrogen-bond donors (Lipinski definition) is 1. The van der Waals surface area contributed by atoms with Gasteiger partial charge in [-0.25, -0.2) is 0 Å². The van der Waals surface area contributed by atoms with Crippen molar-refractivity contribution in [3.63, 3.8) is 0 Å². The van der Waals surface area contributed by atoms with E-state index in [0.717, 1.165) is 12.0 Å². The van der Waals surface area contributed by atoms with Gasteiger partial charge in [0.05, 0.1) is 0 Å². The first-order valence-corrected chi connectivity index (χ1v) is 7.48. The molecular weight excluding hydrogens is 194 g/mol. The normalized spacial score (nSPS) is 26.6. The maximum absolute atomic E-state index is 3.85. The Morgan fingerprint density at radius 1 is 1.19 bits per heavy atom. The molecule has 0 heterocycles. The van der Waals surface area contributed by atoms with Gasteiger partial charge in [-0.05, 0) is 43.6 Å². The van der Waals surface area contributed by atoms with Crippen LogP contribution in [-0.2, 0) is 0 Å². The average molecular weight is 223 g/mol. The van der Waals surface area contributed by atoms with Crippen LogP contribution in [0, 0.1) is 11.3 Å². The average Bonchev–Trinajstić information content (AvgIpc) is 3.09. The fourth-order valence-electron chi connectivity index (χ4n) is 3.33. The lowest BCUT2D eigenvalue weighted by Crippen LogP contribution is -2.45. The molecule has 2 saturated carbocycles. The first-order valence-electron chi connectivity index (χ1n) is 7.48. The van der Waals surface area contributed by atoms with Crippen molar-refractivity contribution in [2.24, 2.45) is 11.3 Å². The molecule has 0 bridgehead atoms. The Kier molecular flexibility index (Phi) is 4.29. The van der Waals surface area contributed by atoms with Crippen molar-refractivity contribution >= 4 is 0 Å². The Balaban J connectivity index is 1.90. The molecule has 1 atom stereocenters. The zero-order chi connectivity index (χ0) is 11.4. The van der Waals surface area contributed by atoms with Crippen LogP contribution in [0.4, 0.5) is 0 Å². The van der Waals surface area contributed by atoms with Crippen molar-refractivity contribution in [2.45, 2.75) is 77.7 Å². The molecule has 0 aromatic carbocycles. The molecule has 0 radical (unpaired) electrons. The molecule has 2 aliphatic rings. The second kappa shape index (κ2) is 5.53. The van der Waals surface area contributed by atoms with E-state index in [2.05, 4.69) is 19.2 Å². The van der Waals surface area contributed by atoms with Crippen molar-refractivity contribution in [3.05, 3.63) is 0 Å². The van der Waals surface area contributed by atoms with Gasteiger partial charge in [0.1, 0.15) is 0 Å². The molecule has 0 aromatic rings. The highest BCUT2D eigenvalue weighted by Gasteiger charge is 2.38. The van der Waals surface area contributed by atoms with Crippen LogP contribution in [0.2, 0.25) is 0 Å². The second-order valence-electron chi connectivity index (χ2n) is 6.40. The summed E-state index contributed by atoms with van der Waals surface area (Å²) in [5.74, 6) is 1.06. The van der Waals surface area contributed by atoms with Crippen LogP contribution in [0.1, 0.15) is 71.6 Å². The van der Waals surface area contributed by atoms with E-state index in [1.807, 2.05) is 0 Å². The molecule has 2 rings (SSSR count). The summed E-state index contributed by atoms with van der Waals surface area (Å²) >= 11 is 0. The first-order chi connectivity index (χ1) is 7.74. The third-order valence-electron chi connectivity index (χ3n) is 4.74. The molecule has 1 unspecified atom stereocenters. The summed E-state index contributed by atoms with van der Waals surface area (Å²) in [6.45, 7) is 6.04. The van der Waals surface area contributed by atoms with Gasteiger partial charge in [0.25, 0.3) is 0 Å². The van der Waals surface area contributed by atoms with Crippen LogP contribution in [0.5, 0.6) is 0 Å². The molecule has 0 saturated heterocycles. The van der Waals surface area contributed by atoms with Crippen LogP contribution < -0.4 is 5.32 Å². The van der Waals surface area contributed by atoms with Gasteiger partial charge in [-0.2, -0.15) is 0 Å². The SMILES string of the molecule is CCCNC(CC1CC1)C1(C)CCCCC1. The van der Waals surface area contributed by atoms with Gasteiger partial charge in [0.15, 0.2) is 0 Å². The largest absolute Gasteiger partial charge is 0.313 e. The summed E-state index contributed by atoms with van der Waals surface area (Å²) < 4.78 is 0. The molecule has 1 nitrogen and oxygen atoms in total. The molecule has 94 valence electrons. The monoisotopic (exact) mass is 223 g/mol. The molecular formula is C15H29N. The maximum atomic E-state index is 3.85. The van der Waals surface area contributed by atoms with Gasteiger partial charge in [0.2, 0.25) is 0 Å². The van der Waals surface area contributed by atoms with E-state index in [4.69, 9.17) is 0 Å². The molecule has 0 amide bonds. The highest BCUT2D eigenvalue weighted by atomic mass is 14.9. The second-order valence-corrected chi connectivity index (χ2v) is 6.40. The van der Waals surface area contributed by atoms with Gasteiger partial charge >= 0.3 is 0 Å². The van der Waals surface area contributed by atoms with Crippen molar-refractivity contribution in [1.29, 1.82) is 0 Å². The minimum absolute atomic E-state index is 0.607. The zero-order valence-electron chi connectivity index (χ0n) is 11.2. The quantitative estimate of drug-likeness (QED) is 0.714. The standard InChI is InChI=1S/C15H29N/c1-3-11-16-14(12-13-7-8-13)15(2)9-5-4-6-10-15/h13-14,16H,3-12H2,1-2H3. The van der Waals surface area contributed by atoms with Crippen molar-refractivity contribution in [1.82, 2.24) is 5.32 Å². The fraction of sp³-hybridized carbons (Fsp3) is 1.00. The Bertz CT molecular complexity index is 201. The van der Waals surface area contributed by atoms with E-state index in [1.165, 1.54) is 64.3 Å². The lowest BCUT2D eigenvalue weighted by atomic mass is 9.69. The Morgan fingerprint density at radius 3 is 2.44 bits per heavy atom. The summed E-state index contributed by atoms with van der Waals surface area (Å²) in [6, 6.07) is 0.806. The molecule has 0 aliphatic heterocycles. The van der Waals surface area contributed by atoms with E-state index in [0.29, 0.717) is 5.41 Å². The van der Waals surface area contributed by atoms with E-state index in [-0.39, 0.29) is 0 Å². The van der Waals surface area contributed by atoms with E-state index < -0.39 is 0 Å². The molecule has 0 spiro atoms. The van der Waals surface area contributed by atoms with Gasteiger partial charge < -0.3 is 5.32 Å². The number of hydrogen-bond acceptors (Lipinski definition) is 1. The molecule has 1 N–H and O–H groups in total. The Labute approximate surface area is 101 Å². The van der Waals surface area contributed by atoms with Crippen molar-refractivity contribution < 1.29 is 0 Å². The minimum Gasteiger partial charge on any atom is -0.313 e. The third-order valence-corrected chi connectivity index (χ3v) is 4.74. The predicted molar refractivity (Wildman–Crippen MR) is 70.6 cm³/mol. The summed E-state index contributed by atoms with van der Waals surface area (Å²) in [4.78, 5) is 0. The third kappa shape index (κ3) is 3.23. The Morgan fingerprint density at radius 2 is 1.88 bits per heavy atom. The number of nitrogens with one attached hydrogen (secondary N) is 1. The van der Waals surface area contributed by atoms with Crippen LogP contribution in [0.3, 0.4) is 0 Å². The lowest BCUT2D eigenvalue weighted by molar-refractivity contribution is 0.133. The number of rotatable bonds is 6. The molecule has 2 aliphatic carbocycles. The van der Waals surface area contributed by atoms with Crippen LogP contribution in [0.15, 0.2) is 0 Å². The van der Waals surface area contributed by atoms with Gasteiger partial charge in [0, 0.05) is 6.04 Å². The summed E-state index contributed by atoms with van der Waals surface area (Å²) in [5.41, 5.74) is 0.607. The first kappa shape index (κ1) is 12.4. The van der Waals surface area contributed by atoms with E-state index in [1.54, 1.807) is 0 Å². The van der Waals surface area contributed by atoms with Crippen molar-refractivity contribution in [2.75, 3.05) is 6.54 Å². The molecule has 1 heteroatoms. The van der Waals surface area contributed by atoms with E-state index >= 15 is 0 Å². The van der Waals surface area contributed by atoms with Gasteiger partial charge in [-0.1, -0.05) is 46.0 Å². The topological polar surface area (TPSA) is 12.0 Å². The summed E-state index contributed by atoms with van der Waals surface area (Å²) in [5, 5.41) is 3.85. The maximum Gasteiger partial charge on any atom is 0.0123 e.